The monoisotopic (exact) mass is 257 g/mol. The molecule has 4 heteroatoms. The highest BCUT2D eigenvalue weighted by molar-refractivity contribution is 5.33. The highest BCUT2D eigenvalue weighted by Gasteiger charge is 2.08. The Bertz CT molecular complexity index is 394. The minimum atomic E-state index is -0.876. The topological polar surface area (TPSA) is 21.3 Å². The summed E-state index contributed by atoms with van der Waals surface area (Å²) in [6, 6.07) is 2.64. The number of hydrogen-bond donors (Lipinski definition) is 1. The fourth-order valence-corrected chi connectivity index (χ4v) is 1.47. The van der Waals surface area contributed by atoms with Crippen LogP contribution in [0.1, 0.15) is 26.3 Å². The molecule has 0 spiro atoms. The van der Waals surface area contributed by atoms with Gasteiger partial charge in [0.2, 0.25) is 0 Å². The molecule has 1 atom stereocenters. The van der Waals surface area contributed by atoms with Gasteiger partial charge in [-0.15, -0.1) is 0 Å². The lowest BCUT2D eigenvalue weighted by atomic mass is 10.1. The molecule has 0 amide bonds. The van der Waals surface area contributed by atoms with Gasteiger partial charge < -0.3 is 10.1 Å². The van der Waals surface area contributed by atoms with E-state index in [-0.39, 0.29) is 0 Å². The SMILES string of the molecule is Cc1cc(F)c(F)cc1OCCNC(C)C(C)C. The van der Waals surface area contributed by atoms with Crippen molar-refractivity contribution < 1.29 is 13.5 Å². The molecule has 1 unspecified atom stereocenters. The first-order valence-corrected chi connectivity index (χ1v) is 6.23. The highest BCUT2D eigenvalue weighted by atomic mass is 19.2. The maximum atomic E-state index is 13.0. The van der Waals surface area contributed by atoms with Gasteiger partial charge in [0.05, 0.1) is 0 Å². The standard InChI is InChI=1S/C14H21F2NO/c1-9(2)11(4)17-5-6-18-14-8-13(16)12(15)7-10(14)3/h7-9,11,17H,5-6H2,1-4H3. The predicted molar refractivity (Wildman–Crippen MR) is 68.9 cm³/mol. The van der Waals surface area contributed by atoms with Crippen LogP contribution in [-0.4, -0.2) is 19.2 Å². The van der Waals surface area contributed by atoms with Crippen molar-refractivity contribution >= 4 is 0 Å². The summed E-state index contributed by atoms with van der Waals surface area (Å²) in [5, 5.41) is 3.30. The Morgan fingerprint density at radius 1 is 1.17 bits per heavy atom. The van der Waals surface area contributed by atoms with E-state index in [1.807, 2.05) is 0 Å². The number of benzene rings is 1. The zero-order valence-electron chi connectivity index (χ0n) is 11.4. The molecular weight excluding hydrogens is 236 g/mol. The molecule has 0 bridgehead atoms. The molecule has 1 rings (SSSR count). The van der Waals surface area contributed by atoms with Crippen LogP contribution in [0.15, 0.2) is 12.1 Å². The minimum Gasteiger partial charge on any atom is -0.492 e. The molecule has 2 nitrogen and oxygen atoms in total. The first-order chi connectivity index (χ1) is 8.41. The zero-order valence-corrected chi connectivity index (χ0v) is 11.4. The van der Waals surface area contributed by atoms with E-state index in [9.17, 15) is 8.78 Å². The summed E-state index contributed by atoms with van der Waals surface area (Å²) in [4.78, 5) is 0. The van der Waals surface area contributed by atoms with Crippen LogP contribution in [0.5, 0.6) is 5.75 Å². The third-order valence-electron chi connectivity index (χ3n) is 3.04. The normalized spacial score (nSPS) is 12.8. The van der Waals surface area contributed by atoms with E-state index in [1.54, 1.807) is 6.92 Å². The Morgan fingerprint density at radius 2 is 1.78 bits per heavy atom. The van der Waals surface area contributed by atoms with E-state index in [0.29, 0.717) is 36.4 Å². The fourth-order valence-electron chi connectivity index (χ4n) is 1.47. The first-order valence-electron chi connectivity index (χ1n) is 6.23. The lowest BCUT2D eigenvalue weighted by Gasteiger charge is -2.17. The van der Waals surface area contributed by atoms with E-state index in [4.69, 9.17) is 4.74 Å². The molecule has 102 valence electrons. The molecule has 0 heterocycles. The van der Waals surface area contributed by atoms with Gasteiger partial charge in [0.25, 0.3) is 0 Å². The number of rotatable bonds is 6. The van der Waals surface area contributed by atoms with Gasteiger partial charge in [0.15, 0.2) is 11.6 Å². The molecule has 0 fully saturated rings. The van der Waals surface area contributed by atoms with Gasteiger partial charge in [-0.05, 0) is 31.4 Å². The van der Waals surface area contributed by atoms with Crippen molar-refractivity contribution in [2.45, 2.75) is 33.7 Å². The van der Waals surface area contributed by atoms with Gasteiger partial charge in [0, 0.05) is 18.7 Å². The third-order valence-corrected chi connectivity index (χ3v) is 3.04. The number of ether oxygens (including phenoxy) is 1. The van der Waals surface area contributed by atoms with Gasteiger partial charge in [-0.2, -0.15) is 0 Å². The number of aryl methyl sites for hydroxylation is 1. The van der Waals surface area contributed by atoms with Crippen LogP contribution in [0, 0.1) is 24.5 Å². The molecule has 0 aliphatic rings. The Labute approximate surface area is 107 Å². The van der Waals surface area contributed by atoms with Crippen molar-refractivity contribution in [3.05, 3.63) is 29.3 Å². The minimum absolute atomic E-state index is 0.396. The van der Waals surface area contributed by atoms with Crippen molar-refractivity contribution in [2.75, 3.05) is 13.2 Å². The third kappa shape index (κ3) is 4.26. The Hall–Kier alpha value is -1.16. The number of hydrogen-bond acceptors (Lipinski definition) is 2. The predicted octanol–water partition coefficient (Wildman–Crippen LogP) is 3.29. The van der Waals surface area contributed by atoms with Crippen LogP contribution < -0.4 is 10.1 Å². The summed E-state index contributed by atoms with van der Waals surface area (Å²) in [6.07, 6.45) is 0. The van der Waals surface area contributed by atoms with Crippen LogP contribution in [0.25, 0.3) is 0 Å². The maximum Gasteiger partial charge on any atom is 0.162 e. The van der Waals surface area contributed by atoms with Gasteiger partial charge in [-0.1, -0.05) is 13.8 Å². The summed E-state index contributed by atoms with van der Waals surface area (Å²) < 4.78 is 31.4. The van der Waals surface area contributed by atoms with E-state index < -0.39 is 11.6 Å². The average Bonchev–Trinajstić information content (AvgIpc) is 2.30. The lowest BCUT2D eigenvalue weighted by molar-refractivity contribution is 0.293. The van der Waals surface area contributed by atoms with Crippen molar-refractivity contribution in [1.29, 1.82) is 0 Å². The van der Waals surface area contributed by atoms with Crippen molar-refractivity contribution in [1.82, 2.24) is 5.32 Å². The maximum absolute atomic E-state index is 13.0. The van der Waals surface area contributed by atoms with E-state index in [0.717, 1.165) is 12.1 Å². The van der Waals surface area contributed by atoms with Gasteiger partial charge in [0.1, 0.15) is 12.4 Å². The Morgan fingerprint density at radius 3 is 2.39 bits per heavy atom. The van der Waals surface area contributed by atoms with Crippen molar-refractivity contribution in [3.63, 3.8) is 0 Å². The molecule has 0 aromatic heterocycles. The second-order valence-electron chi connectivity index (χ2n) is 4.87. The summed E-state index contributed by atoms with van der Waals surface area (Å²) in [5.41, 5.74) is 0.603. The van der Waals surface area contributed by atoms with Crippen LogP contribution in [0.2, 0.25) is 0 Å². The van der Waals surface area contributed by atoms with E-state index in [1.165, 1.54) is 0 Å². The van der Waals surface area contributed by atoms with E-state index in [2.05, 4.69) is 26.1 Å². The average molecular weight is 257 g/mol. The van der Waals surface area contributed by atoms with Crippen LogP contribution in [0.4, 0.5) is 8.78 Å². The molecule has 18 heavy (non-hydrogen) atoms. The summed E-state index contributed by atoms with van der Waals surface area (Å²) >= 11 is 0. The fraction of sp³-hybridized carbons (Fsp3) is 0.571. The summed E-state index contributed by atoms with van der Waals surface area (Å²) in [6.45, 7) is 9.19. The molecular formula is C14H21F2NO. The molecule has 0 saturated heterocycles. The molecule has 1 N–H and O–H groups in total. The second-order valence-corrected chi connectivity index (χ2v) is 4.87. The molecule has 1 aromatic rings. The van der Waals surface area contributed by atoms with Gasteiger partial charge in [-0.25, -0.2) is 8.78 Å². The van der Waals surface area contributed by atoms with Crippen LogP contribution in [-0.2, 0) is 0 Å². The quantitative estimate of drug-likeness (QED) is 0.790. The van der Waals surface area contributed by atoms with E-state index >= 15 is 0 Å². The largest absolute Gasteiger partial charge is 0.492 e. The molecule has 0 aliphatic carbocycles. The zero-order chi connectivity index (χ0) is 13.7. The van der Waals surface area contributed by atoms with Crippen LogP contribution >= 0.6 is 0 Å². The molecule has 1 aromatic carbocycles. The second kappa shape index (κ2) is 6.69. The molecule has 0 radical (unpaired) electrons. The Kier molecular flexibility index (Phi) is 5.54. The summed E-state index contributed by atoms with van der Waals surface area (Å²) in [7, 11) is 0. The number of nitrogens with one attached hydrogen (secondary N) is 1. The summed E-state index contributed by atoms with van der Waals surface area (Å²) in [5.74, 6) is -0.770. The highest BCUT2D eigenvalue weighted by Crippen LogP contribution is 2.21. The van der Waals surface area contributed by atoms with Crippen molar-refractivity contribution in [2.24, 2.45) is 5.92 Å². The van der Waals surface area contributed by atoms with Gasteiger partial charge >= 0.3 is 0 Å². The number of halogens is 2. The lowest BCUT2D eigenvalue weighted by Crippen LogP contribution is -2.33. The molecule has 0 saturated carbocycles. The van der Waals surface area contributed by atoms with Crippen LogP contribution in [0.3, 0.4) is 0 Å². The molecule has 0 aliphatic heterocycles. The first kappa shape index (κ1) is 14.9. The Balaban J connectivity index is 2.42. The van der Waals surface area contributed by atoms with Gasteiger partial charge in [-0.3, -0.25) is 0 Å². The smallest absolute Gasteiger partial charge is 0.162 e. The van der Waals surface area contributed by atoms with Crippen molar-refractivity contribution in [3.8, 4) is 5.75 Å².